The minimum Gasteiger partial charge on any atom is -0.446 e. The molecule has 13 heteroatoms. The van der Waals surface area contributed by atoms with Gasteiger partial charge in [0.2, 0.25) is 5.65 Å². The number of pyridine rings is 1. The van der Waals surface area contributed by atoms with E-state index >= 15 is 0 Å². The number of nitrogens with zero attached hydrogens (tertiary/aromatic N) is 7. The van der Waals surface area contributed by atoms with Crippen molar-refractivity contribution in [2.24, 2.45) is 0 Å². The third-order valence-corrected chi connectivity index (χ3v) is 6.24. The first kappa shape index (κ1) is 20.2. The van der Waals surface area contributed by atoms with Crippen molar-refractivity contribution < 1.29 is 24.0 Å². The van der Waals surface area contributed by atoms with E-state index in [1.54, 1.807) is 29.8 Å². The van der Waals surface area contributed by atoms with Crippen LogP contribution in [0.2, 0.25) is 0 Å². The number of H-pyrrole nitrogens is 1. The summed E-state index contributed by atoms with van der Waals surface area (Å²) in [6.45, 7) is 2.13. The first-order chi connectivity index (χ1) is 16.5. The summed E-state index contributed by atoms with van der Waals surface area (Å²) in [6.07, 6.45) is 5.46. The van der Waals surface area contributed by atoms with Gasteiger partial charge in [-0.15, -0.1) is 10.2 Å². The molecule has 0 saturated heterocycles. The smallest absolute Gasteiger partial charge is 0.382 e. The van der Waals surface area contributed by atoms with Gasteiger partial charge in [0.15, 0.2) is 5.60 Å². The second-order valence-electron chi connectivity index (χ2n) is 8.31. The van der Waals surface area contributed by atoms with E-state index in [1.807, 2.05) is 0 Å². The van der Waals surface area contributed by atoms with Crippen LogP contribution in [0.25, 0.3) is 11.2 Å². The van der Waals surface area contributed by atoms with Gasteiger partial charge in [-0.1, -0.05) is 5.21 Å². The van der Waals surface area contributed by atoms with Gasteiger partial charge in [0, 0.05) is 24.6 Å². The lowest BCUT2D eigenvalue weighted by atomic mass is 10.0. The standard InChI is InChI=1S/C21H18N8O5/c1-11-15(17(30)20(32)33-21(6-7-21)14-10-23-26-25-14)13-5-3-9-28(13)16(11)19(31)34-29-18-12(24-27-29)4-2-8-22-18/h2,4,8,10H,3,5-7,9H2,1H3,(H,23,25,26). The van der Waals surface area contributed by atoms with E-state index in [-0.39, 0.29) is 16.9 Å². The molecule has 4 aromatic heterocycles. The molecule has 1 aliphatic carbocycles. The minimum atomic E-state index is -0.990. The Morgan fingerprint density at radius 3 is 2.82 bits per heavy atom. The van der Waals surface area contributed by atoms with E-state index in [4.69, 9.17) is 9.57 Å². The Hall–Kier alpha value is -4.42. The molecule has 0 bridgehead atoms. The van der Waals surface area contributed by atoms with Crippen LogP contribution in [0, 0.1) is 6.92 Å². The van der Waals surface area contributed by atoms with Crippen molar-refractivity contribution in [3.63, 3.8) is 0 Å². The molecule has 0 aromatic carbocycles. The maximum absolute atomic E-state index is 13.2. The van der Waals surface area contributed by atoms with Gasteiger partial charge >= 0.3 is 11.9 Å². The number of carbonyl (C=O) groups is 3. The lowest BCUT2D eigenvalue weighted by Crippen LogP contribution is -2.26. The predicted octanol–water partition coefficient (Wildman–Crippen LogP) is 0.685. The molecular formula is C21H18N8O5. The number of nitrogens with one attached hydrogen (secondary N) is 1. The maximum Gasteiger partial charge on any atom is 0.382 e. The molecule has 1 saturated carbocycles. The second-order valence-corrected chi connectivity index (χ2v) is 8.31. The number of hydrogen-bond donors (Lipinski definition) is 1. The summed E-state index contributed by atoms with van der Waals surface area (Å²) in [5.74, 6) is -2.52. The van der Waals surface area contributed by atoms with Crippen LogP contribution in [0.3, 0.4) is 0 Å². The molecular weight excluding hydrogens is 444 g/mol. The van der Waals surface area contributed by atoms with Gasteiger partial charge < -0.3 is 14.1 Å². The van der Waals surface area contributed by atoms with Gasteiger partial charge in [-0.3, -0.25) is 9.89 Å². The summed E-state index contributed by atoms with van der Waals surface area (Å²) in [7, 11) is 0. The number of carbonyl (C=O) groups excluding carboxylic acids is 3. The number of ketones is 1. The third kappa shape index (κ3) is 3.00. The van der Waals surface area contributed by atoms with Gasteiger partial charge in [-0.05, 0) is 60.4 Å². The van der Waals surface area contributed by atoms with E-state index in [1.165, 1.54) is 6.20 Å². The molecule has 1 fully saturated rings. The van der Waals surface area contributed by atoms with E-state index in [9.17, 15) is 14.4 Å². The lowest BCUT2D eigenvalue weighted by Gasteiger charge is -2.13. The second kappa shape index (κ2) is 7.30. The van der Waals surface area contributed by atoms with Crippen molar-refractivity contribution >= 4 is 28.9 Å². The molecule has 0 amide bonds. The molecule has 4 aromatic rings. The lowest BCUT2D eigenvalue weighted by molar-refractivity contribution is -0.146. The molecule has 6 rings (SSSR count). The highest BCUT2D eigenvalue weighted by Crippen LogP contribution is 2.48. The molecule has 172 valence electrons. The minimum absolute atomic E-state index is 0.173. The van der Waals surface area contributed by atoms with Crippen LogP contribution in [0.1, 0.15) is 57.1 Å². The van der Waals surface area contributed by atoms with Crippen LogP contribution in [0.4, 0.5) is 0 Å². The average Bonchev–Trinajstić information content (AvgIpc) is 3.29. The summed E-state index contributed by atoms with van der Waals surface area (Å²) in [4.78, 5) is 49.7. The molecule has 0 radical (unpaired) electrons. The topological polar surface area (TPSA) is 160 Å². The Morgan fingerprint density at radius 2 is 2.06 bits per heavy atom. The van der Waals surface area contributed by atoms with Gasteiger partial charge in [0.1, 0.15) is 16.9 Å². The molecule has 0 atom stereocenters. The molecule has 5 heterocycles. The van der Waals surface area contributed by atoms with E-state index in [0.717, 1.165) is 11.3 Å². The zero-order chi connectivity index (χ0) is 23.4. The molecule has 1 N–H and O–H groups in total. The van der Waals surface area contributed by atoms with Crippen molar-refractivity contribution in [1.82, 2.24) is 40.1 Å². The summed E-state index contributed by atoms with van der Waals surface area (Å²) in [5.41, 5.74) is 1.61. The van der Waals surface area contributed by atoms with Gasteiger partial charge in [-0.25, -0.2) is 14.6 Å². The zero-order valence-corrected chi connectivity index (χ0v) is 18.0. The summed E-state index contributed by atoms with van der Waals surface area (Å²) >= 11 is 0. The molecule has 0 spiro atoms. The highest BCUT2D eigenvalue weighted by molar-refractivity contribution is 6.41. The third-order valence-electron chi connectivity index (χ3n) is 6.24. The van der Waals surface area contributed by atoms with Crippen LogP contribution < -0.4 is 4.84 Å². The number of rotatable bonds is 6. The van der Waals surface area contributed by atoms with Gasteiger partial charge in [0.05, 0.1) is 5.56 Å². The van der Waals surface area contributed by atoms with Crippen molar-refractivity contribution in [3.8, 4) is 0 Å². The van der Waals surface area contributed by atoms with Gasteiger partial charge in [-0.2, -0.15) is 0 Å². The fourth-order valence-electron chi connectivity index (χ4n) is 4.49. The molecule has 1 aliphatic heterocycles. The van der Waals surface area contributed by atoms with Gasteiger partial charge in [0.25, 0.3) is 5.78 Å². The number of esters is 1. The van der Waals surface area contributed by atoms with Crippen LogP contribution in [0.15, 0.2) is 24.5 Å². The number of hydrogen-bond acceptors (Lipinski definition) is 10. The Labute approximate surface area is 191 Å². The Balaban J connectivity index is 1.30. The highest BCUT2D eigenvalue weighted by Gasteiger charge is 2.52. The summed E-state index contributed by atoms with van der Waals surface area (Å²) in [6, 6.07) is 3.38. The zero-order valence-electron chi connectivity index (χ0n) is 18.0. The SMILES string of the molecule is Cc1c(C(=O)C(=O)OC2(c3c[nH]nn3)CC2)c2n(c1C(=O)On1nnc3cccnc31)CCC2. The normalized spacial score (nSPS) is 15.8. The summed E-state index contributed by atoms with van der Waals surface area (Å²) in [5, 5.41) is 17.9. The first-order valence-corrected chi connectivity index (χ1v) is 10.7. The Bertz CT molecular complexity index is 1460. The molecule has 0 unspecified atom stereocenters. The van der Waals surface area contributed by atoms with E-state index in [2.05, 4.69) is 30.7 Å². The predicted molar refractivity (Wildman–Crippen MR) is 111 cm³/mol. The van der Waals surface area contributed by atoms with Crippen LogP contribution >= 0.6 is 0 Å². The van der Waals surface area contributed by atoms with Crippen molar-refractivity contribution in [2.75, 3.05) is 0 Å². The Kier molecular flexibility index (Phi) is 4.34. The Morgan fingerprint density at radius 1 is 1.21 bits per heavy atom. The monoisotopic (exact) mass is 462 g/mol. The van der Waals surface area contributed by atoms with Crippen molar-refractivity contribution in [3.05, 3.63) is 52.7 Å². The highest BCUT2D eigenvalue weighted by atomic mass is 16.7. The molecule has 2 aliphatic rings. The fourth-order valence-corrected chi connectivity index (χ4v) is 4.49. The summed E-state index contributed by atoms with van der Waals surface area (Å²) < 4.78 is 7.28. The first-order valence-electron chi connectivity index (χ1n) is 10.7. The number of aromatic amines is 1. The van der Waals surface area contributed by atoms with Crippen LogP contribution in [-0.2, 0) is 28.1 Å². The van der Waals surface area contributed by atoms with Crippen LogP contribution in [-0.4, -0.2) is 57.8 Å². The van der Waals surface area contributed by atoms with E-state index in [0.29, 0.717) is 48.3 Å². The van der Waals surface area contributed by atoms with Crippen molar-refractivity contribution in [1.29, 1.82) is 0 Å². The number of Topliss-reactive ketones (excluding diaryl/α,β-unsaturated/α-hetero) is 1. The van der Waals surface area contributed by atoms with E-state index < -0.39 is 23.3 Å². The molecule has 13 nitrogen and oxygen atoms in total. The largest absolute Gasteiger partial charge is 0.446 e. The molecule has 34 heavy (non-hydrogen) atoms. The number of ether oxygens (including phenoxy) is 1. The van der Waals surface area contributed by atoms with Crippen LogP contribution in [0.5, 0.6) is 0 Å². The fraction of sp³-hybridized carbons (Fsp3) is 0.333. The van der Waals surface area contributed by atoms with Crippen molar-refractivity contribution in [2.45, 2.75) is 44.8 Å². The quantitative estimate of drug-likeness (QED) is 0.187. The number of aromatic nitrogens is 8. The average molecular weight is 462 g/mol. The number of fused-ring (bicyclic) bond motifs is 2. The maximum atomic E-state index is 13.2.